The number of aromatic nitrogens is 1. The van der Waals surface area contributed by atoms with E-state index in [1.807, 2.05) is 19.2 Å². The third-order valence-electron chi connectivity index (χ3n) is 3.04. The first-order valence-electron chi connectivity index (χ1n) is 5.93. The molecule has 2 rings (SSSR count). The van der Waals surface area contributed by atoms with Gasteiger partial charge in [0.2, 0.25) is 0 Å². The van der Waals surface area contributed by atoms with Crippen LogP contribution in [0, 0.1) is 5.82 Å². The van der Waals surface area contributed by atoms with Crippen molar-refractivity contribution in [1.29, 1.82) is 0 Å². The summed E-state index contributed by atoms with van der Waals surface area (Å²) in [5.74, 6) is 0.271. The Kier molecular flexibility index (Phi) is 4.50. The minimum absolute atomic E-state index is 0.0430. The molecule has 1 unspecified atom stereocenters. The zero-order valence-corrected chi connectivity index (χ0v) is 12.1. The molecule has 0 amide bonds. The molecule has 0 saturated carbocycles. The Bertz CT molecular complexity index is 574. The summed E-state index contributed by atoms with van der Waals surface area (Å²) in [6.07, 6.45) is 2.36. The fourth-order valence-electron chi connectivity index (χ4n) is 1.99. The Morgan fingerprint density at radius 3 is 2.84 bits per heavy atom. The van der Waals surface area contributed by atoms with Gasteiger partial charge in [0.1, 0.15) is 11.6 Å². The molecule has 1 atom stereocenters. The molecule has 19 heavy (non-hydrogen) atoms. The van der Waals surface area contributed by atoms with Crippen LogP contribution < -0.4 is 11.1 Å². The highest BCUT2D eigenvalue weighted by Crippen LogP contribution is 2.27. The van der Waals surface area contributed by atoms with E-state index < -0.39 is 0 Å². The number of hydrogen-bond donors (Lipinski definition) is 2. The first kappa shape index (κ1) is 14.0. The zero-order valence-electron chi connectivity index (χ0n) is 10.5. The van der Waals surface area contributed by atoms with E-state index in [1.165, 1.54) is 12.1 Å². The monoisotopic (exact) mass is 323 g/mol. The summed E-state index contributed by atoms with van der Waals surface area (Å²) in [6, 6.07) is 8.54. The number of nitrogen functional groups attached to an aromatic ring is 1. The number of nitrogens with one attached hydrogen (secondary N) is 1. The summed E-state index contributed by atoms with van der Waals surface area (Å²) in [5.41, 5.74) is 7.82. The molecule has 5 heteroatoms. The van der Waals surface area contributed by atoms with E-state index in [4.69, 9.17) is 5.73 Å². The van der Waals surface area contributed by atoms with Crippen LogP contribution in [-0.4, -0.2) is 12.0 Å². The average molecular weight is 324 g/mol. The first-order chi connectivity index (χ1) is 9.11. The predicted molar refractivity (Wildman–Crippen MR) is 78.3 cm³/mol. The SMILES string of the molecule is CNC(Cc1cccnc1N)c1ccc(F)cc1Br. The first-order valence-corrected chi connectivity index (χ1v) is 6.72. The van der Waals surface area contributed by atoms with Crippen LogP contribution in [-0.2, 0) is 6.42 Å². The van der Waals surface area contributed by atoms with Gasteiger partial charge >= 0.3 is 0 Å². The van der Waals surface area contributed by atoms with Gasteiger partial charge < -0.3 is 11.1 Å². The molecule has 0 aliphatic carbocycles. The van der Waals surface area contributed by atoms with Crippen LogP contribution in [0.3, 0.4) is 0 Å². The van der Waals surface area contributed by atoms with Crippen molar-refractivity contribution in [3.05, 3.63) is 57.9 Å². The van der Waals surface area contributed by atoms with Crippen LogP contribution in [0.1, 0.15) is 17.2 Å². The zero-order chi connectivity index (χ0) is 13.8. The van der Waals surface area contributed by atoms with Gasteiger partial charge in [0.25, 0.3) is 0 Å². The van der Waals surface area contributed by atoms with Crippen molar-refractivity contribution in [3.63, 3.8) is 0 Å². The molecular formula is C14H15BrFN3. The molecule has 0 radical (unpaired) electrons. The Hall–Kier alpha value is -1.46. The predicted octanol–water partition coefficient (Wildman–Crippen LogP) is 3.07. The van der Waals surface area contributed by atoms with Crippen LogP contribution in [0.5, 0.6) is 0 Å². The standard InChI is InChI=1S/C14H15BrFN3/c1-18-13(7-9-3-2-6-19-14(9)17)11-5-4-10(16)8-12(11)15/h2-6,8,13,18H,7H2,1H3,(H2,17,19). The second kappa shape index (κ2) is 6.12. The molecule has 0 saturated heterocycles. The van der Waals surface area contributed by atoms with E-state index in [0.29, 0.717) is 12.2 Å². The van der Waals surface area contributed by atoms with Crippen molar-refractivity contribution in [3.8, 4) is 0 Å². The van der Waals surface area contributed by atoms with Gasteiger partial charge in [-0.2, -0.15) is 0 Å². The van der Waals surface area contributed by atoms with Crippen LogP contribution in [0.25, 0.3) is 0 Å². The topological polar surface area (TPSA) is 50.9 Å². The molecule has 100 valence electrons. The highest BCUT2D eigenvalue weighted by Gasteiger charge is 2.15. The third kappa shape index (κ3) is 3.30. The number of anilines is 1. The lowest BCUT2D eigenvalue weighted by molar-refractivity contribution is 0.583. The van der Waals surface area contributed by atoms with Gasteiger partial charge in [0, 0.05) is 16.7 Å². The van der Waals surface area contributed by atoms with Crippen molar-refractivity contribution in [2.75, 3.05) is 12.8 Å². The lowest BCUT2D eigenvalue weighted by Crippen LogP contribution is -2.20. The van der Waals surface area contributed by atoms with Gasteiger partial charge in [-0.3, -0.25) is 0 Å². The molecule has 1 aromatic heterocycles. The van der Waals surface area contributed by atoms with Gasteiger partial charge in [-0.1, -0.05) is 28.1 Å². The summed E-state index contributed by atoms with van der Waals surface area (Å²) in [5, 5.41) is 3.22. The van der Waals surface area contributed by atoms with Crippen molar-refractivity contribution in [2.24, 2.45) is 0 Å². The lowest BCUT2D eigenvalue weighted by atomic mass is 9.99. The van der Waals surface area contributed by atoms with Crippen LogP contribution in [0.15, 0.2) is 41.0 Å². The molecule has 0 fully saturated rings. The second-order valence-corrected chi connectivity index (χ2v) is 5.11. The average Bonchev–Trinajstić information content (AvgIpc) is 2.39. The maximum absolute atomic E-state index is 13.1. The normalized spacial score (nSPS) is 12.4. The smallest absolute Gasteiger partial charge is 0.126 e. The van der Waals surface area contributed by atoms with E-state index in [-0.39, 0.29) is 11.9 Å². The lowest BCUT2D eigenvalue weighted by Gasteiger charge is -2.19. The maximum Gasteiger partial charge on any atom is 0.126 e. The number of pyridine rings is 1. The largest absolute Gasteiger partial charge is 0.383 e. The van der Waals surface area contributed by atoms with E-state index in [1.54, 1.807) is 12.3 Å². The van der Waals surface area contributed by atoms with Crippen LogP contribution in [0.4, 0.5) is 10.2 Å². The van der Waals surface area contributed by atoms with E-state index in [2.05, 4.69) is 26.2 Å². The highest BCUT2D eigenvalue weighted by molar-refractivity contribution is 9.10. The Morgan fingerprint density at radius 2 is 2.21 bits per heavy atom. The van der Waals surface area contributed by atoms with Crippen molar-refractivity contribution in [2.45, 2.75) is 12.5 Å². The van der Waals surface area contributed by atoms with E-state index in [0.717, 1.165) is 15.6 Å². The fourth-order valence-corrected chi connectivity index (χ4v) is 2.62. The number of halogens is 2. The summed E-state index contributed by atoms with van der Waals surface area (Å²) in [7, 11) is 1.87. The van der Waals surface area contributed by atoms with Crippen molar-refractivity contribution >= 4 is 21.7 Å². The van der Waals surface area contributed by atoms with E-state index in [9.17, 15) is 4.39 Å². The molecular weight excluding hydrogens is 309 g/mol. The van der Waals surface area contributed by atoms with Gasteiger partial charge in [-0.05, 0) is 42.8 Å². The fraction of sp³-hybridized carbons (Fsp3) is 0.214. The summed E-state index contributed by atoms with van der Waals surface area (Å²) >= 11 is 3.39. The number of hydrogen-bond acceptors (Lipinski definition) is 3. The minimum Gasteiger partial charge on any atom is -0.383 e. The van der Waals surface area contributed by atoms with E-state index >= 15 is 0 Å². The van der Waals surface area contributed by atoms with Gasteiger partial charge in [-0.25, -0.2) is 9.37 Å². The summed E-state index contributed by atoms with van der Waals surface area (Å²) < 4.78 is 13.9. The quantitative estimate of drug-likeness (QED) is 0.909. The molecule has 3 N–H and O–H groups in total. The maximum atomic E-state index is 13.1. The van der Waals surface area contributed by atoms with Crippen LogP contribution >= 0.6 is 15.9 Å². The highest BCUT2D eigenvalue weighted by atomic mass is 79.9. The summed E-state index contributed by atoms with van der Waals surface area (Å²) in [4.78, 5) is 4.07. The minimum atomic E-state index is -0.258. The number of rotatable bonds is 4. The molecule has 1 heterocycles. The summed E-state index contributed by atoms with van der Waals surface area (Å²) in [6.45, 7) is 0. The van der Waals surface area contributed by atoms with Gasteiger partial charge in [-0.15, -0.1) is 0 Å². The molecule has 3 nitrogen and oxygen atoms in total. The Labute approximate surface area is 120 Å². The molecule has 1 aromatic carbocycles. The number of nitrogens with zero attached hydrogens (tertiary/aromatic N) is 1. The number of benzene rings is 1. The van der Waals surface area contributed by atoms with Crippen molar-refractivity contribution < 1.29 is 4.39 Å². The molecule has 0 bridgehead atoms. The molecule has 0 aliphatic rings. The molecule has 0 aliphatic heterocycles. The third-order valence-corrected chi connectivity index (χ3v) is 3.72. The second-order valence-electron chi connectivity index (χ2n) is 4.26. The Morgan fingerprint density at radius 1 is 1.42 bits per heavy atom. The molecule has 2 aromatic rings. The van der Waals surface area contributed by atoms with Gasteiger partial charge in [0.15, 0.2) is 0 Å². The van der Waals surface area contributed by atoms with Crippen molar-refractivity contribution in [1.82, 2.24) is 10.3 Å². The number of likely N-dealkylation sites (N-methyl/N-ethyl adjacent to an activating group) is 1. The van der Waals surface area contributed by atoms with Crippen LogP contribution in [0.2, 0.25) is 0 Å². The Balaban J connectivity index is 2.28. The molecule has 0 spiro atoms. The van der Waals surface area contributed by atoms with Gasteiger partial charge in [0.05, 0.1) is 0 Å². The number of nitrogens with two attached hydrogens (primary N) is 1.